The minimum absolute atomic E-state index is 0.000184. The van der Waals surface area contributed by atoms with Crippen LogP contribution in [0.2, 0.25) is 0 Å². The van der Waals surface area contributed by atoms with E-state index in [4.69, 9.17) is 11.6 Å². The fourth-order valence-corrected chi connectivity index (χ4v) is 2.35. The van der Waals surface area contributed by atoms with Gasteiger partial charge in [-0.15, -0.1) is 0 Å². The number of unbranched alkanes of at least 4 members (excludes halogenated alkanes) is 2. The molecule has 2 rings (SSSR count). The number of nitrogens with one attached hydrogen (secondary N) is 1. The van der Waals surface area contributed by atoms with E-state index < -0.39 is 0 Å². The second-order valence-corrected chi connectivity index (χ2v) is 4.90. The van der Waals surface area contributed by atoms with Crippen LogP contribution in [-0.4, -0.2) is 18.1 Å². The lowest BCUT2D eigenvalue weighted by Crippen LogP contribution is -2.29. The molecule has 19 heavy (non-hydrogen) atoms. The summed E-state index contributed by atoms with van der Waals surface area (Å²) in [6.45, 7) is 2.76. The first-order valence-electron chi connectivity index (χ1n) is 6.49. The van der Waals surface area contributed by atoms with E-state index in [0.29, 0.717) is 17.7 Å². The molecule has 1 aliphatic rings. The van der Waals surface area contributed by atoms with Crippen LogP contribution in [-0.2, 0) is 0 Å². The number of fused-ring (bicyclic) bond motifs is 1. The lowest BCUT2D eigenvalue weighted by molar-refractivity contribution is 0.0974. The van der Waals surface area contributed by atoms with E-state index >= 15 is 0 Å². The van der Waals surface area contributed by atoms with Gasteiger partial charge in [0.15, 0.2) is 0 Å². The molecule has 100 valence electrons. The van der Waals surface area contributed by atoms with Gasteiger partial charge >= 0.3 is 0 Å². The predicted molar refractivity (Wildman–Crippen MR) is 75.5 cm³/mol. The van der Waals surface area contributed by atoms with Crippen LogP contribution in [0.15, 0.2) is 35.0 Å². The van der Waals surface area contributed by atoms with Gasteiger partial charge in [-0.05, 0) is 6.42 Å². The average Bonchev–Trinajstić information content (AvgIpc) is 2.44. The quantitative estimate of drug-likeness (QED) is 0.840. The Hall–Kier alpha value is -1.61. The Morgan fingerprint density at radius 3 is 2.32 bits per heavy atom. The van der Waals surface area contributed by atoms with Gasteiger partial charge in [0.25, 0.3) is 0 Å². The molecule has 4 heteroatoms. The van der Waals surface area contributed by atoms with Crippen LogP contribution in [0.1, 0.15) is 46.9 Å². The molecule has 0 saturated heterocycles. The van der Waals surface area contributed by atoms with E-state index in [-0.39, 0.29) is 22.3 Å². The lowest BCUT2D eigenvalue weighted by Gasteiger charge is -2.18. The second-order valence-electron chi connectivity index (χ2n) is 4.53. The third kappa shape index (κ3) is 2.71. The Balaban J connectivity index is 2.22. The van der Waals surface area contributed by atoms with Gasteiger partial charge in [-0.25, -0.2) is 0 Å². The van der Waals surface area contributed by atoms with Crippen LogP contribution in [0.5, 0.6) is 0 Å². The third-order valence-electron chi connectivity index (χ3n) is 3.14. The summed E-state index contributed by atoms with van der Waals surface area (Å²) < 4.78 is 0. The number of rotatable bonds is 5. The highest BCUT2D eigenvalue weighted by molar-refractivity contribution is 6.49. The van der Waals surface area contributed by atoms with Gasteiger partial charge in [0.1, 0.15) is 10.7 Å². The van der Waals surface area contributed by atoms with E-state index in [0.717, 1.165) is 19.3 Å². The molecule has 0 bridgehead atoms. The van der Waals surface area contributed by atoms with Crippen molar-refractivity contribution in [3.8, 4) is 0 Å². The molecular formula is C15H16ClNO2. The van der Waals surface area contributed by atoms with Crippen molar-refractivity contribution in [3.63, 3.8) is 0 Å². The molecule has 0 amide bonds. The molecule has 3 nitrogen and oxygen atoms in total. The monoisotopic (exact) mass is 277 g/mol. The highest BCUT2D eigenvalue weighted by atomic mass is 35.5. The van der Waals surface area contributed by atoms with Crippen molar-refractivity contribution in [2.24, 2.45) is 0 Å². The molecular weight excluding hydrogens is 262 g/mol. The summed E-state index contributed by atoms with van der Waals surface area (Å²) in [6, 6.07) is 6.77. The summed E-state index contributed by atoms with van der Waals surface area (Å²) in [7, 11) is 0. The Labute approximate surface area is 117 Å². The Kier molecular flexibility index (Phi) is 4.38. The zero-order chi connectivity index (χ0) is 13.8. The largest absolute Gasteiger partial charge is 0.381 e. The first-order valence-corrected chi connectivity index (χ1v) is 6.86. The lowest BCUT2D eigenvalue weighted by atomic mass is 9.92. The fourth-order valence-electron chi connectivity index (χ4n) is 2.09. The summed E-state index contributed by atoms with van der Waals surface area (Å²) in [4.78, 5) is 24.4. The normalized spacial score (nSPS) is 14.6. The standard InChI is InChI=1S/C15H16ClNO2/c1-2-3-6-9-17-13-12(16)14(18)10-7-4-5-8-11(10)15(13)19/h4-5,7-8,17H,2-3,6,9H2,1H3. The maximum absolute atomic E-state index is 12.3. The predicted octanol–water partition coefficient (Wildman–Crippen LogP) is 3.30. The van der Waals surface area contributed by atoms with Gasteiger partial charge in [-0.3, -0.25) is 9.59 Å². The van der Waals surface area contributed by atoms with Crippen molar-refractivity contribution < 1.29 is 9.59 Å². The number of Topliss-reactive ketones (excluding diaryl/α,β-unsaturated/α-hetero) is 2. The molecule has 1 aromatic carbocycles. The number of carbonyl (C=O) groups is 2. The minimum Gasteiger partial charge on any atom is -0.381 e. The van der Waals surface area contributed by atoms with Crippen LogP contribution in [0.25, 0.3) is 0 Å². The first kappa shape index (κ1) is 13.8. The van der Waals surface area contributed by atoms with Gasteiger partial charge in [0.05, 0.1) is 0 Å². The molecule has 0 spiro atoms. The number of allylic oxidation sites excluding steroid dienone is 2. The zero-order valence-corrected chi connectivity index (χ0v) is 11.6. The SMILES string of the molecule is CCCCCNC1=C(Cl)C(=O)c2ccccc2C1=O. The van der Waals surface area contributed by atoms with Crippen molar-refractivity contribution in [3.05, 3.63) is 46.1 Å². The molecule has 0 atom stereocenters. The number of carbonyl (C=O) groups excluding carboxylic acids is 2. The molecule has 0 heterocycles. The number of hydrogen-bond donors (Lipinski definition) is 1. The van der Waals surface area contributed by atoms with Crippen molar-refractivity contribution in [1.29, 1.82) is 0 Å². The van der Waals surface area contributed by atoms with Crippen molar-refractivity contribution in [2.75, 3.05) is 6.54 Å². The Morgan fingerprint density at radius 2 is 1.68 bits per heavy atom. The highest BCUT2D eigenvalue weighted by Gasteiger charge is 2.30. The van der Waals surface area contributed by atoms with Crippen molar-refractivity contribution >= 4 is 23.2 Å². The summed E-state index contributed by atoms with van der Waals surface area (Å²) in [6.07, 6.45) is 3.13. The summed E-state index contributed by atoms with van der Waals surface area (Å²) in [5.74, 6) is -0.480. The highest BCUT2D eigenvalue weighted by Crippen LogP contribution is 2.27. The van der Waals surface area contributed by atoms with Gasteiger partial charge in [-0.2, -0.15) is 0 Å². The maximum Gasteiger partial charge on any atom is 0.211 e. The topological polar surface area (TPSA) is 46.2 Å². The van der Waals surface area contributed by atoms with Gasteiger partial charge in [0, 0.05) is 17.7 Å². The van der Waals surface area contributed by atoms with Crippen LogP contribution in [0.3, 0.4) is 0 Å². The van der Waals surface area contributed by atoms with Gasteiger partial charge in [-0.1, -0.05) is 55.6 Å². The second kappa shape index (κ2) is 6.02. The number of hydrogen-bond acceptors (Lipinski definition) is 3. The van der Waals surface area contributed by atoms with Crippen LogP contribution in [0, 0.1) is 0 Å². The van der Waals surface area contributed by atoms with Crippen molar-refractivity contribution in [1.82, 2.24) is 5.32 Å². The molecule has 0 unspecified atom stereocenters. The fraction of sp³-hybridized carbons (Fsp3) is 0.333. The molecule has 1 aliphatic carbocycles. The average molecular weight is 278 g/mol. The summed E-state index contributed by atoms with van der Waals surface area (Å²) in [5, 5.41) is 3.00. The molecule has 0 saturated carbocycles. The molecule has 1 aromatic rings. The van der Waals surface area contributed by atoms with Crippen LogP contribution in [0.4, 0.5) is 0 Å². The third-order valence-corrected chi connectivity index (χ3v) is 3.50. The summed E-state index contributed by atoms with van der Waals surface area (Å²) in [5.41, 5.74) is 1.05. The minimum atomic E-state index is -0.283. The van der Waals surface area contributed by atoms with E-state index in [1.54, 1.807) is 24.3 Å². The first-order chi connectivity index (χ1) is 9.16. The van der Waals surface area contributed by atoms with E-state index in [1.165, 1.54) is 0 Å². The van der Waals surface area contributed by atoms with E-state index in [9.17, 15) is 9.59 Å². The smallest absolute Gasteiger partial charge is 0.211 e. The van der Waals surface area contributed by atoms with Crippen LogP contribution < -0.4 is 5.32 Å². The Bertz CT molecular complexity index is 549. The number of benzene rings is 1. The van der Waals surface area contributed by atoms with Crippen molar-refractivity contribution in [2.45, 2.75) is 26.2 Å². The van der Waals surface area contributed by atoms with E-state index in [1.807, 2.05) is 0 Å². The van der Waals surface area contributed by atoms with E-state index in [2.05, 4.69) is 12.2 Å². The van der Waals surface area contributed by atoms with Crippen LogP contribution >= 0.6 is 11.6 Å². The number of halogens is 1. The molecule has 0 aliphatic heterocycles. The molecule has 0 aromatic heterocycles. The van der Waals surface area contributed by atoms with Gasteiger partial charge < -0.3 is 5.32 Å². The number of ketones is 2. The molecule has 0 fully saturated rings. The maximum atomic E-state index is 12.3. The summed E-state index contributed by atoms with van der Waals surface area (Å²) >= 11 is 6.02. The van der Waals surface area contributed by atoms with Gasteiger partial charge in [0.2, 0.25) is 11.6 Å². The molecule has 1 N–H and O–H groups in total. The zero-order valence-electron chi connectivity index (χ0n) is 10.8. The molecule has 0 radical (unpaired) electrons. The Morgan fingerprint density at radius 1 is 1.05 bits per heavy atom.